The van der Waals surface area contributed by atoms with Crippen molar-refractivity contribution in [1.82, 2.24) is 4.90 Å². The maximum atomic E-state index is 11.7. The van der Waals surface area contributed by atoms with Crippen molar-refractivity contribution in [1.29, 1.82) is 0 Å². The van der Waals surface area contributed by atoms with Crippen LogP contribution >= 0.6 is 0 Å². The van der Waals surface area contributed by atoms with E-state index in [1.807, 2.05) is 23.1 Å². The summed E-state index contributed by atoms with van der Waals surface area (Å²) in [5, 5.41) is 0. The minimum absolute atomic E-state index is 0.117. The third-order valence-corrected chi connectivity index (χ3v) is 3.18. The number of carbonyl (C=O) groups excluding carboxylic acids is 1. The summed E-state index contributed by atoms with van der Waals surface area (Å²) < 4.78 is 5.09. The molecule has 2 heterocycles. The second-order valence-corrected chi connectivity index (χ2v) is 4.14. The van der Waals surface area contributed by atoms with E-state index in [0.717, 1.165) is 6.42 Å². The molecule has 0 bridgehead atoms. The van der Waals surface area contributed by atoms with Crippen LogP contribution in [0.1, 0.15) is 18.0 Å². The van der Waals surface area contributed by atoms with Crippen LogP contribution in [0.3, 0.4) is 0 Å². The van der Waals surface area contributed by atoms with E-state index in [4.69, 9.17) is 4.74 Å². The summed E-state index contributed by atoms with van der Waals surface area (Å²) in [5.74, 6) is 0. The van der Waals surface area contributed by atoms with Crippen molar-refractivity contribution in [2.75, 3.05) is 6.61 Å². The standard InChI is InChI=1S/C13H13NO2/c15-13-14-11(9-16-13)7-4-8-12(14)10-5-2-1-3-6-10/h1-7,11-12H,8-9H2/t11-,12-/m1/s1. The van der Waals surface area contributed by atoms with E-state index in [2.05, 4.69) is 24.3 Å². The SMILES string of the molecule is O=C1OC[C@H]2C=CC[C@H](c3ccccc3)N12. The first kappa shape index (κ1) is 9.46. The Morgan fingerprint density at radius 3 is 2.88 bits per heavy atom. The number of carbonyl (C=O) groups is 1. The number of hydrogen-bond acceptors (Lipinski definition) is 2. The van der Waals surface area contributed by atoms with Crippen LogP contribution in [0.15, 0.2) is 42.5 Å². The van der Waals surface area contributed by atoms with Crippen molar-refractivity contribution in [3.05, 3.63) is 48.0 Å². The Balaban J connectivity index is 1.96. The quantitative estimate of drug-likeness (QED) is 0.674. The molecule has 3 heteroatoms. The number of ether oxygens (including phenoxy) is 1. The molecule has 3 nitrogen and oxygen atoms in total. The van der Waals surface area contributed by atoms with Gasteiger partial charge >= 0.3 is 6.09 Å². The van der Waals surface area contributed by atoms with Crippen molar-refractivity contribution in [3.8, 4) is 0 Å². The van der Waals surface area contributed by atoms with Crippen LogP contribution in [0.5, 0.6) is 0 Å². The fourth-order valence-electron chi connectivity index (χ4n) is 2.40. The van der Waals surface area contributed by atoms with Gasteiger partial charge in [-0.15, -0.1) is 0 Å². The van der Waals surface area contributed by atoms with Crippen molar-refractivity contribution in [2.45, 2.75) is 18.5 Å². The predicted molar refractivity (Wildman–Crippen MR) is 59.9 cm³/mol. The molecule has 0 aliphatic carbocycles. The van der Waals surface area contributed by atoms with E-state index < -0.39 is 0 Å². The van der Waals surface area contributed by atoms with E-state index in [1.54, 1.807) is 0 Å². The maximum absolute atomic E-state index is 11.7. The molecule has 0 spiro atoms. The maximum Gasteiger partial charge on any atom is 0.410 e. The highest BCUT2D eigenvalue weighted by molar-refractivity contribution is 5.71. The number of cyclic esters (lactones) is 1. The lowest BCUT2D eigenvalue weighted by atomic mass is 9.97. The molecule has 0 radical (unpaired) electrons. The Kier molecular flexibility index (Phi) is 2.17. The van der Waals surface area contributed by atoms with Gasteiger partial charge < -0.3 is 4.74 Å². The molecule has 1 saturated heterocycles. The number of benzene rings is 1. The zero-order chi connectivity index (χ0) is 11.0. The molecule has 2 aliphatic heterocycles. The van der Waals surface area contributed by atoms with Crippen LogP contribution in [0.2, 0.25) is 0 Å². The van der Waals surface area contributed by atoms with Crippen LogP contribution in [0.4, 0.5) is 4.79 Å². The van der Waals surface area contributed by atoms with Crippen LogP contribution < -0.4 is 0 Å². The average molecular weight is 215 g/mol. The van der Waals surface area contributed by atoms with Crippen molar-refractivity contribution < 1.29 is 9.53 Å². The summed E-state index contributed by atoms with van der Waals surface area (Å²) >= 11 is 0. The van der Waals surface area contributed by atoms with E-state index in [1.165, 1.54) is 5.56 Å². The highest BCUT2D eigenvalue weighted by Gasteiger charge is 2.38. The minimum atomic E-state index is -0.191. The zero-order valence-corrected chi connectivity index (χ0v) is 8.87. The lowest BCUT2D eigenvalue weighted by molar-refractivity contribution is 0.144. The van der Waals surface area contributed by atoms with Gasteiger partial charge in [-0.1, -0.05) is 42.5 Å². The topological polar surface area (TPSA) is 29.5 Å². The Morgan fingerprint density at radius 1 is 1.25 bits per heavy atom. The van der Waals surface area contributed by atoms with Gasteiger partial charge in [-0.05, 0) is 12.0 Å². The molecule has 0 aromatic heterocycles. The van der Waals surface area contributed by atoms with Gasteiger partial charge in [0.2, 0.25) is 0 Å². The van der Waals surface area contributed by atoms with Crippen molar-refractivity contribution in [3.63, 3.8) is 0 Å². The summed E-state index contributed by atoms with van der Waals surface area (Å²) in [6, 6.07) is 10.4. The van der Waals surface area contributed by atoms with Gasteiger partial charge in [0.05, 0.1) is 12.1 Å². The van der Waals surface area contributed by atoms with E-state index >= 15 is 0 Å². The predicted octanol–water partition coefficient (Wildman–Crippen LogP) is 2.51. The first-order valence-corrected chi connectivity index (χ1v) is 5.53. The molecule has 2 atom stereocenters. The van der Waals surface area contributed by atoms with Gasteiger partial charge in [0.15, 0.2) is 0 Å². The highest BCUT2D eigenvalue weighted by Crippen LogP contribution is 2.34. The average Bonchev–Trinajstić information content (AvgIpc) is 2.73. The zero-order valence-electron chi connectivity index (χ0n) is 8.87. The van der Waals surface area contributed by atoms with Gasteiger partial charge in [-0.25, -0.2) is 4.79 Å². The van der Waals surface area contributed by atoms with E-state index in [-0.39, 0.29) is 18.2 Å². The second kappa shape index (κ2) is 3.67. The Morgan fingerprint density at radius 2 is 2.06 bits per heavy atom. The third-order valence-electron chi connectivity index (χ3n) is 3.18. The fourth-order valence-corrected chi connectivity index (χ4v) is 2.40. The van der Waals surface area contributed by atoms with Crippen molar-refractivity contribution in [2.24, 2.45) is 0 Å². The Hall–Kier alpha value is -1.77. The summed E-state index contributed by atoms with van der Waals surface area (Å²) in [7, 11) is 0. The summed E-state index contributed by atoms with van der Waals surface area (Å²) in [6.45, 7) is 0.485. The first-order chi connectivity index (χ1) is 7.86. The van der Waals surface area contributed by atoms with Crippen LogP contribution in [-0.4, -0.2) is 23.6 Å². The molecule has 1 fully saturated rings. The molecular formula is C13H13NO2. The first-order valence-electron chi connectivity index (χ1n) is 5.53. The Labute approximate surface area is 94.3 Å². The monoisotopic (exact) mass is 215 g/mol. The molecule has 82 valence electrons. The van der Waals surface area contributed by atoms with Gasteiger partial charge in [-0.3, -0.25) is 4.90 Å². The summed E-state index contributed by atoms with van der Waals surface area (Å²) in [6.07, 6.45) is 4.88. The van der Waals surface area contributed by atoms with Gasteiger partial charge in [0.25, 0.3) is 0 Å². The fraction of sp³-hybridized carbons (Fsp3) is 0.308. The van der Waals surface area contributed by atoms with E-state index in [0.29, 0.717) is 6.61 Å². The van der Waals surface area contributed by atoms with Crippen LogP contribution in [0, 0.1) is 0 Å². The molecule has 1 amide bonds. The highest BCUT2D eigenvalue weighted by atomic mass is 16.6. The summed E-state index contributed by atoms with van der Waals surface area (Å²) in [5.41, 5.74) is 1.18. The summed E-state index contributed by atoms with van der Waals surface area (Å²) in [4.78, 5) is 13.5. The largest absolute Gasteiger partial charge is 0.447 e. The van der Waals surface area contributed by atoms with Gasteiger partial charge in [0, 0.05) is 0 Å². The van der Waals surface area contributed by atoms with Gasteiger partial charge in [-0.2, -0.15) is 0 Å². The number of hydrogen-bond donors (Lipinski definition) is 0. The number of amides is 1. The van der Waals surface area contributed by atoms with Gasteiger partial charge in [0.1, 0.15) is 6.61 Å². The Bertz CT molecular complexity index is 427. The molecule has 0 saturated carbocycles. The van der Waals surface area contributed by atoms with Crippen LogP contribution in [0.25, 0.3) is 0 Å². The molecule has 0 unspecified atom stereocenters. The van der Waals surface area contributed by atoms with Crippen LogP contribution in [-0.2, 0) is 4.74 Å². The third kappa shape index (κ3) is 1.40. The molecule has 0 N–H and O–H groups in total. The number of nitrogens with zero attached hydrogens (tertiary/aromatic N) is 1. The molecule has 1 aromatic carbocycles. The number of fused-ring (bicyclic) bond motifs is 1. The smallest absolute Gasteiger partial charge is 0.410 e. The lowest BCUT2D eigenvalue weighted by Crippen LogP contribution is -2.37. The lowest BCUT2D eigenvalue weighted by Gasteiger charge is -2.32. The molecule has 3 rings (SSSR count). The van der Waals surface area contributed by atoms with E-state index in [9.17, 15) is 4.79 Å². The van der Waals surface area contributed by atoms with Crippen molar-refractivity contribution >= 4 is 6.09 Å². The second-order valence-electron chi connectivity index (χ2n) is 4.14. The number of rotatable bonds is 1. The molecule has 2 aliphatic rings. The molecule has 16 heavy (non-hydrogen) atoms. The molecule has 1 aromatic rings. The minimum Gasteiger partial charge on any atom is -0.447 e. The molecular weight excluding hydrogens is 202 g/mol. The normalized spacial score (nSPS) is 27.8.